The summed E-state index contributed by atoms with van der Waals surface area (Å²) in [7, 11) is 0. The average Bonchev–Trinajstić information content (AvgIpc) is 2.45. The number of carbonyl (C=O) groups is 1. The number of pyridine rings is 1. The molecular weight excluding hydrogens is 202 g/mol. The van der Waals surface area contributed by atoms with Gasteiger partial charge in [0.15, 0.2) is 0 Å². The first-order valence-corrected chi connectivity index (χ1v) is 5.65. The summed E-state index contributed by atoms with van der Waals surface area (Å²) >= 11 is 0. The van der Waals surface area contributed by atoms with Crippen molar-refractivity contribution in [3.63, 3.8) is 0 Å². The van der Waals surface area contributed by atoms with Crippen LogP contribution in [0.15, 0.2) is 18.5 Å². The molecule has 2 rings (SSSR count). The largest absolute Gasteiger partial charge is 0.337 e. The Morgan fingerprint density at radius 1 is 1.50 bits per heavy atom. The molecule has 0 aliphatic carbocycles. The smallest absolute Gasteiger partial charge is 0.236 e. The van der Waals surface area contributed by atoms with E-state index in [9.17, 15) is 4.79 Å². The van der Waals surface area contributed by atoms with E-state index in [1.807, 2.05) is 24.2 Å². The van der Waals surface area contributed by atoms with E-state index in [4.69, 9.17) is 0 Å². The number of aromatic nitrogens is 1. The number of rotatable bonds is 2. The van der Waals surface area contributed by atoms with Gasteiger partial charge in [0.2, 0.25) is 5.91 Å². The fraction of sp³-hybridized carbons (Fsp3) is 0.500. The fourth-order valence-electron chi connectivity index (χ4n) is 1.92. The second kappa shape index (κ2) is 5.07. The predicted octanol–water partition coefficient (Wildman–Crippen LogP) is 0.712. The molecule has 1 fully saturated rings. The van der Waals surface area contributed by atoms with Gasteiger partial charge in [-0.1, -0.05) is 6.07 Å². The second-order valence-corrected chi connectivity index (χ2v) is 4.22. The van der Waals surface area contributed by atoms with Gasteiger partial charge in [-0.3, -0.25) is 9.78 Å². The molecule has 0 unspecified atom stereocenters. The molecule has 0 radical (unpaired) electrons. The number of hydrogen-bond acceptors (Lipinski definition) is 3. The van der Waals surface area contributed by atoms with E-state index in [1.165, 1.54) is 0 Å². The van der Waals surface area contributed by atoms with Crippen LogP contribution >= 0.6 is 0 Å². The Balaban J connectivity index is 2.05. The van der Waals surface area contributed by atoms with Crippen molar-refractivity contribution in [2.24, 2.45) is 0 Å². The standard InChI is InChI=1S/C12H17N3O/c1-10-5-11(7-14-6-10)9-15-4-2-3-13-8-12(15)16/h5-7,13H,2-4,8-9H2,1H3. The van der Waals surface area contributed by atoms with Gasteiger partial charge in [0.1, 0.15) is 0 Å². The zero-order chi connectivity index (χ0) is 11.4. The van der Waals surface area contributed by atoms with Gasteiger partial charge < -0.3 is 10.2 Å². The number of hydrogen-bond donors (Lipinski definition) is 1. The summed E-state index contributed by atoms with van der Waals surface area (Å²) in [5.41, 5.74) is 2.24. The van der Waals surface area contributed by atoms with E-state index in [1.54, 1.807) is 0 Å². The van der Waals surface area contributed by atoms with Crippen molar-refractivity contribution in [3.05, 3.63) is 29.6 Å². The molecule has 16 heavy (non-hydrogen) atoms. The third-order valence-electron chi connectivity index (χ3n) is 2.72. The van der Waals surface area contributed by atoms with Gasteiger partial charge in [-0.25, -0.2) is 0 Å². The molecule has 1 aromatic rings. The highest BCUT2D eigenvalue weighted by Gasteiger charge is 2.16. The lowest BCUT2D eigenvalue weighted by atomic mass is 10.2. The van der Waals surface area contributed by atoms with Crippen LogP contribution in [0.4, 0.5) is 0 Å². The number of nitrogens with one attached hydrogen (secondary N) is 1. The number of amides is 1. The molecule has 1 N–H and O–H groups in total. The molecule has 0 saturated carbocycles. The lowest BCUT2D eigenvalue weighted by Gasteiger charge is -2.20. The summed E-state index contributed by atoms with van der Waals surface area (Å²) in [6, 6.07) is 2.08. The van der Waals surface area contributed by atoms with Gasteiger partial charge >= 0.3 is 0 Å². The molecule has 0 spiro atoms. The van der Waals surface area contributed by atoms with Crippen LogP contribution in [0.2, 0.25) is 0 Å². The highest BCUT2D eigenvalue weighted by atomic mass is 16.2. The van der Waals surface area contributed by atoms with Crippen LogP contribution in [-0.2, 0) is 11.3 Å². The Bertz CT molecular complexity index is 378. The van der Waals surface area contributed by atoms with E-state index in [0.717, 1.165) is 30.6 Å². The van der Waals surface area contributed by atoms with Gasteiger partial charge in [0.25, 0.3) is 0 Å². The van der Waals surface area contributed by atoms with Crippen molar-refractivity contribution in [2.45, 2.75) is 19.9 Å². The van der Waals surface area contributed by atoms with Gasteiger partial charge in [-0.05, 0) is 31.0 Å². The fourth-order valence-corrected chi connectivity index (χ4v) is 1.92. The van der Waals surface area contributed by atoms with E-state index in [-0.39, 0.29) is 5.91 Å². The minimum Gasteiger partial charge on any atom is -0.337 e. The molecule has 1 aromatic heterocycles. The molecule has 86 valence electrons. The molecule has 4 heteroatoms. The van der Waals surface area contributed by atoms with Crippen molar-refractivity contribution >= 4 is 5.91 Å². The third-order valence-corrected chi connectivity index (χ3v) is 2.72. The normalized spacial score (nSPS) is 17.3. The maximum absolute atomic E-state index is 11.7. The zero-order valence-electron chi connectivity index (χ0n) is 9.57. The van der Waals surface area contributed by atoms with E-state index in [0.29, 0.717) is 13.1 Å². The van der Waals surface area contributed by atoms with Crippen LogP contribution in [0.5, 0.6) is 0 Å². The summed E-state index contributed by atoms with van der Waals surface area (Å²) in [5, 5.41) is 3.12. The van der Waals surface area contributed by atoms with Crippen molar-refractivity contribution in [1.82, 2.24) is 15.2 Å². The first kappa shape index (κ1) is 11.1. The summed E-state index contributed by atoms with van der Waals surface area (Å²) in [6.07, 6.45) is 4.68. The highest BCUT2D eigenvalue weighted by molar-refractivity contribution is 5.78. The maximum Gasteiger partial charge on any atom is 0.236 e. The Labute approximate surface area is 95.7 Å². The monoisotopic (exact) mass is 219 g/mol. The maximum atomic E-state index is 11.7. The Kier molecular flexibility index (Phi) is 3.51. The summed E-state index contributed by atoms with van der Waals surface area (Å²) < 4.78 is 0. The van der Waals surface area contributed by atoms with Crippen molar-refractivity contribution in [2.75, 3.05) is 19.6 Å². The van der Waals surface area contributed by atoms with Gasteiger partial charge in [-0.2, -0.15) is 0 Å². The first-order valence-electron chi connectivity index (χ1n) is 5.65. The van der Waals surface area contributed by atoms with Crippen molar-refractivity contribution in [1.29, 1.82) is 0 Å². The van der Waals surface area contributed by atoms with E-state index < -0.39 is 0 Å². The van der Waals surface area contributed by atoms with Gasteiger partial charge in [-0.15, -0.1) is 0 Å². The number of aryl methyl sites for hydroxylation is 1. The molecule has 2 heterocycles. The van der Waals surface area contributed by atoms with Crippen molar-refractivity contribution in [3.8, 4) is 0 Å². The van der Waals surface area contributed by atoms with E-state index in [2.05, 4.69) is 16.4 Å². The highest BCUT2D eigenvalue weighted by Crippen LogP contribution is 2.07. The molecular formula is C12H17N3O. The molecule has 1 aliphatic rings. The van der Waals surface area contributed by atoms with Crippen LogP contribution in [0, 0.1) is 6.92 Å². The van der Waals surface area contributed by atoms with Crippen LogP contribution in [-0.4, -0.2) is 35.4 Å². The van der Waals surface area contributed by atoms with Gasteiger partial charge in [0.05, 0.1) is 6.54 Å². The average molecular weight is 219 g/mol. The Hall–Kier alpha value is -1.42. The topological polar surface area (TPSA) is 45.2 Å². The van der Waals surface area contributed by atoms with Crippen LogP contribution in [0.25, 0.3) is 0 Å². The summed E-state index contributed by atoms with van der Waals surface area (Å²) in [5.74, 6) is 0.180. The molecule has 0 atom stereocenters. The van der Waals surface area contributed by atoms with E-state index >= 15 is 0 Å². The Morgan fingerprint density at radius 3 is 3.19 bits per heavy atom. The molecule has 4 nitrogen and oxygen atoms in total. The van der Waals surface area contributed by atoms with Crippen LogP contribution in [0.3, 0.4) is 0 Å². The predicted molar refractivity (Wildman–Crippen MR) is 61.9 cm³/mol. The Morgan fingerprint density at radius 2 is 2.38 bits per heavy atom. The summed E-state index contributed by atoms with van der Waals surface area (Å²) in [4.78, 5) is 17.8. The minimum atomic E-state index is 0.180. The molecule has 0 aromatic carbocycles. The molecule has 1 amide bonds. The minimum absolute atomic E-state index is 0.180. The molecule has 0 bridgehead atoms. The lowest BCUT2D eigenvalue weighted by molar-refractivity contribution is -0.130. The number of nitrogens with zero attached hydrogens (tertiary/aromatic N) is 2. The molecule has 1 aliphatic heterocycles. The zero-order valence-corrected chi connectivity index (χ0v) is 9.57. The third kappa shape index (κ3) is 2.79. The lowest BCUT2D eigenvalue weighted by Crippen LogP contribution is -2.34. The van der Waals surface area contributed by atoms with Crippen LogP contribution in [0.1, 0.15) is 17.5 Å². The quantitative estimate of drug-likeness (QED) is 0.797. The first-order chi connectivity index (χ1) is 7.75. The number of carbonyl (C=O) groups excluding carboxylic acids is 1. The van der Waals surface area contributed by atoms with Crippen LogP contribution < -0.4 is 5.32 Å². The second-order valence-electron chi connectivity index (χ2n) is 4.22. The van der Waals surface area contributed by atoms with Gasteiger partial charge in [0, 0.05) is 25.5 Å². The molecule has 1 saturated heterocycles. The van der Waals surface area contributed by atoms with Crippen molar-refractivity contribution < 1.29 is 4.79 Å². The SMILES string of the molecule is Cc1cncc(CN2CCCNCC2=O)c1. The summed E-state index contributed by atoms with van der Waals surface area (Å²) in [6.45, 7) is 4.91.